The van der Waals surface area contributed by atoms with Gasteiger partial charge in [-0.25, -0.2) is 8.78 Å². The fraction of sp³-hybridized carbons (Fsp3) is 0.320. The first-order valence-corrected chi connectivity index (χ1v) is 11.6. The van der Waals surface area contributed by atoms with E-state index >= 15 is 0 Å². The Balaban J connectivity index is 1.74. The highest BCUT2D eigenvalue weighted by Gasteiger charge is 2.24. The van der Waals surface area contributed by atoms with E-state index in [1.54, 1.807) is 0 Å². The number of anilines is 3. The Hall–Kier alpha value is -3.79. The van der Waals surface area contributed by atoms with Crippen LogP contribution in [0.5, 0.6) is 0 Å². The zero-order chi connectivity index (χ0) is 24.9. The van der Waals surface area contributed by atoms with Crippen molar-refractivity contribution in [3.8, 4) is 5.69 Å². The van der Waals surface area contributed by atoms with E-state index in [4.69, 9.17) is 0 Å². The summed E-state index contributed by atoms with van der Waals surface area (Å²) in [6.07, 6.45) is 2.11. The van der Waals surface area contributed by atoms with Gasteiger partial charge in [0.05, 0.1) is 11.4 Å². The molecule has 0 aliphatic carbocycles. The van der Waals surface area contributed by atoms with Gasteiger partial charge in [0.1, 0.15) is 11.4 Å². The molecule has 2 heterocycles. The van der Waals surface area contributed by atoms with Crippen LogP contribution in [0.25, 0.3) is 5.69 Å². The summed E-state index contributed by atoms with van der Waals surface area (Å²) in [5.74, 6) is -2.50. The number of hydrogen-bond donors (Lipinski definition) is 3. The van der Waals surface area contributed by atoms with Crippen LogP contribution in [0.15, 0.2) is 47.3 Å². The van der Waals surface area contributed by atoms with Crippen molar-refractivity contribution in [3.05, 3.63) is 75.7 Å². The maximum absolute atomic E-state index is 14.3. The van der Waals surface area contributed by atoms with Gasteiger partial charge in [0, 0.05) is 43.5 Å². The molecule has 0 radical (unpaired) electrons. The molecule has 1 fully saturated rings. The van der Waals surface area contributed by atoms with Crippen LogP contribution in [0.3, 0.4) is 0 Å². The lowest BCUT2D eigenvalue weighted by Crippen LogP contribution is -2.27. The summed E-state index contributed by atoms with van der Waals surface area (Å²) in [5, 5.41) is 13.4. The molecule has 0 spiro atoms. The normalized spacial score (nSPS) is 13.2. The highest BCUT2D eigenvalue weighted by molar-refractivity contribution is 6.05. The average Bonchev–Trinajstić information content (AvgIpc) is 3.36. The summed E-state index contributed by atoms with van der Waals surface area (Å²) in [6, 6.07) is 9.28. The molecule has 2 aromatic carbocycles. The van der Waals surface area contributed by atoms with Gasteiger partial charge in [-0.2, -0.15) is 9.78 Å². The lowest BCUT2D eigenvalue weighted by atomic mass is 10.1. The molecule has 8 nitrogen and oxygen atoms in total. The highest BCUT2D eigenvalue weighted by Crippen LogP contribution is 2.37. The molecule has 184 valence electrons. The van der Waals surface area contributed by atoms with Crippen LogP contribution in [0.2, 0.25) is 0 Å². The number of para-hydroxylation sites is 1. The minimum atomic E-state index is -0.954. The molecule has 0 unspecified atom stereocenters. The van der Waals surface area contributed by atoms with Gasteiger partial charge in [0.25, 0.3) is 11.5 Å². The van der Waals surface area contributed by atoms with E-state index in [1.807, 2.05) is 26.1 Å². The van der Waals surface area contributed by atoms with Gasteiger partial charge in [-0.15, -0.1) is 0 Å². The lowest BCUT2D eigenvalue weighted by Gasteiger charge is -2.27. The first-order chi connectivity index (χ1) is 16.9. The fourth-order valence-electron chi connectivity index (χ4n) is 4.32. The lowest BCUT2D eigenvalue weighted by molar-refractivity contribution is 0.102. The van der Waals surface area contributed by atoms with Crippen LogP contribution in [-0.2, 0) is 6.54 Å². The third kappa shape index (κ3) is 5.02. The Morgan fingerprint density at radius 2 is 1.69 bits per heavy atom. The van der Waals surface area contributed by atoms with Crippen molar-refractivity contribution in [2.75, 3.05) is 42.2 Å². The third-order valence-corrected chi connectivity index (χ3v) is 5.86. The van der Waals surface area contributed by atoms with E-state index in [-0.39, 0.29) is 5.69 Å². The van der Waals surface area contributed by atoms with Gasteiger partial charge < -0.3 is 20.9 Å². The average molecular weight is 483 g/mol. The predicted molar refractivity (Wildman–Crippen MR) is 133 cm³/mol. The first kappa shape index (κ1) is 24.3. The maximum Gasteiger partial charge on any atom is 0.276 e. The molecule has 1 aliphatic rings. The Morgan fingerprint density at radius 1 is 1.00 bits per heavy atom. The Kier molecular flexibility index (Phi) is 7.40. The van der Waals surface area contributed by atoms with Crippen molar-refractivity contribution in [3.63, 3.8) is 0 Å². The van der Waals surface area contributed by atoms with E-state index in [1.165, 1.54) is 12.1 Å². The quantitative estimate of drug-likeness (QED) is 0.455. The summed E-state index contributed by atoms with van der Waals surface area (Å²) in [5.41, 5.74) is 1.98. The molecule has 1 aliphatic heterocycles. The smallest absolute Gasteiger partial charge is 0.276 e. The topological polar surface area (TPSA) is 91.3 Å². The molecule has 1 saturated heterocycles. The van der Waals surface area contributed by atoms with Gasteiger partial charge >= 0.3 is 0 Å². The van der Waals surface area contributed by atoms with Gasteiger partial charge in [-0.3, -0.25) is 9.59 Å². The van der Waals surface area contributed by atoms with E-state index in [2.05, 4.69) is 25.9 Å². The second-order valence-corrected chi connectivity index (χ2v) is 8.24. The summed E-state index contributed by atoms with van der Waals surface area (Å²) in [4.78, 5) is 27.8. The first-order valence-electron chi connectivity index (χ1n) is 11.6. The molecule has 1 aromatic heterocycles. The van der Waals surface area contributed by atoms with E-state index in [0.717, 1.165) is 67.6 Å². The SMILES string of the molecule is CCNc1ccc(NC(=O)c2ccc(=O)n(-c3c(F)cccc3F)n2)c(N2CCCC2)c1CNC. The molecular formula is C25H28F2N6O2. The number of aromatic nitrogens is 2. The zero-order valence-corrected chi connectivity index (χ0v) is 19.7. The molecular weight excluding hydrogens is 454 g/mol. The monoisotopic (exact) mass is 482 g/mol. The molecule has 3 N–H and O–H groups in total. The second-order valence-electron chi connectivity index (χ2n) is 8.24. The Morgan fingerprint density at radius 3 is 2.34 bits per heavy atom. The van der Waals surface area contributed by atoms with E-state index in [0.29, 0.717) is 16.9 Å². The van der Waals surface area contributed by atoms with Gasteiger partial charge in [0.2, 0.25) is 0 Å². The number of nitrogens with zero attached hydrogens (tertiary/aromatic N) is 3. The minimum Gasteiger partial charge on any atom is -0.385 e. The highest BCUT2D eigenvalue weighted by atomic mass is 19.1. The van der Waals surface area contributed by atoms with Crippen LogP contribution < -0.4 is 26.4 Å². The zero-order valence-electron chi connectivity index (χ0n) is 19.7. The molecule has 0 atom stereocenters. The molecule has 1 amide bonds. The van der Waals surface area contributed by atoms with Crippen molar-refractivity contribution in [1.29, 1.82) is 0 Å². The standard InChI is InChI=1S/C25H28F2N6O2/c1-3-29-19-9-10-20(23(16(19)15-28-2)32-13-4-5-14-32)30-25(35)21-11-12-22(34)33(31-21)24-17(26)7-6-8-18(24)27/h6-12,28-29H,3-5,13-15H2,1-2H3,(H,30,35). The number of hydrogen-bond acceptors (Lipinski definition) is 6. The van der Waals surface area contributed by atoms with Crippen LogP contribution >= 0.6 is 0 Å². The molecule has 10 heteroatoms. The summed E-state index contributed by atoms with van der Waals surface area (Å²) in [6.45, 7) is 5.09. The number of carbonyl (C=O) groups excluding carboxylic acids is 1. The Bertz CT molecular complexity index is 1270. The van der Waals surface area contributed by atoms with E-state index in [9.17, 15) is 18.4 Å². The van der Waals surface area contributed by atoms with E-state index < -0.39 is 28.8 Å². The van der Waals surface area contributed by atoms with Crippen molar-refractivity contribution < 1.29 is 13.6 Å². The minimum absolute atomic E-state index is 0.148. The van der Waals surface area contributed by atoms with Crippen molar-refractivity contribution >= 4 is 23.0 Å². The van der Waals surface area contributed by atoms with Crippen molar-refractivity contribution in [2.24, 2.45) is 0 Å². The third-order valence-electron chi connectivity index (χ3n) is 5.86. The number of nitrogens with one attached hydrogen (secondary N) is 3. The number of rotatable bonds is 8. The van der Waals surface area contributed by atoms with Crippen LogP contribution in [0, 0.1) is 11.6 Å². The largest absolute Gasteiger partial charge is 0.385 e. The van der Waals surface area contributed by atoms with Crippen molar-refractivity contribution in [2.45, 2.75) is 26.3 Å². The molecule has 35 heavy (non-hydrogen) atoms. The molecule has 0 saturated carbocycles. The molecule has 4 rings (SSSR count). The molecule has 0 bridgehead atoms. The number of carbonyl (C=O) groups is 1. The van der Waals surface area contributed by atoms with Crippen LogP contribution in [0.1, 0.15) is 35.8 Å². The number of halogens is 2. The maximum atomic E-state index is 14.3. The molecule has 3 aromatic rings. The van der Waals surface area contributed by atoms with Crippen LogP contribution in [-0.4, -0.2) is 42.4 Å². The Labute approximate surface area is 202 Å². The summed E-state index contributed by atoms with van der Waals surface area (Å²) in [7, 11) is 1.86. The number of benzene rings is 2. The second kappa shape index (κ2) is 10.6. The van der Waals surface area contributed by atoms with Crippen molar-refractivity contribution in [1.82, 2.24) is 15.1 Å². The van der Waals surface area contributed by atoms with Crippen LogP contribution in [0.4, 0.5) is 25.8 Å². The number of amides is 1. The fourth-order valence-corrected chi connectivity index (χ4v) is 4.32. The predicted octanol–water partition coefficient (Wildman–Crippen LogP) is 3.51. The van der Waals surface area contributed by atoms with Gasteiger partial charge in [0.15, 0.2) is 11.6 Å². The summed E-state index contributed by atoms with van der Waals surface area (Å²) < 4.78 is 29.1. The van der Waals surface area contributed by atoms with Gasteiger partial charge in [-0.05, 0) is 57.1 Å². The van der Waals surface area contributed by atoms with Gasteiger partial charge in [-0.1, -0.05) is 6.07 Å². The summed E-state index contributed by atoms with van der Waals surface area (Å²) >= 11 is 0.